The highest BCUT2D eigenvalue weighted by Crippen LogP contribution is 2.05. The quantitative estimate of drug-likeness (QED) is 0.745. The summed E-state index contributed by atoms with van der Waals surface area (Å²) in [5.41, 5.74) is 6.33. The summed E-state index contributed by atoms with van der Waals surface area (Å²) in [6.45, 7) is 4.48. The Bertz CT molecular complexity index is 263. The van der Waals surface area contributed by atoms with E-state index in [0.29, 0.717) is 12.6 Å². The molecule has 0 aliphatic heterocycles. The highest BCUT2D eigenvalue weighted by Gasteiger charge is 2.01. The van der Waals surface area contributed by atoms with Crippen LogP contribution in [-0.2, 0) is 6.42 Å². The second kappa shape index (κ2) is 4.77. The minimum absolute atomic E-state index is 0.105. The van der Waals surface area contributed by atoms with E-state index in [9.17, 15) is 0 Å². The molecule has 0 bridgehead atoms. The molecule has 1 rings (SSSR count). The summed E-state index contributed by atoms with van der Waals surface area (Å²) in [4.78, 5) is 8.18. The molecule has 0 radical (unpaired) electrons. The lowest BCUT2D eigenvalue weighted by Gasteiger charge is -2.07. The van der Waals surface area contributed by atoms with Crippen LogP contribution in [0.5, 0.6) is 6.01 Å². The van der Waals surface area contributed by atoms with Crippen LogP contribution in [0.2, 0.25) is 0 Å². The van der Waals surface area contributed by atoms with Crippen molar-refractivity contribution in [2.45, 2.75) is 26.4 Å². The predicted octanol–water partition coefficient (Wildman–Crippen LogP) is 0.765. The molecule has 0 atom stereocenters. The minimum Gasteiger partial charge on any atom is -0.461 e. The highest BCUT2D eigenvalue weighted by atomic mass is 16.5. The van der Waals surface area contributed by atoms with Crippen LogP contribution in [0, 0.1) is 0 Å². The molecule has 1 heterocycles. The van der Waals surface area contributed by atoms with Gasteiger partial charge in [0.15, 0.2) is 0 Å². The monoisotopic (exact) mass is 181 g/mol. The topological polar surface area (TPSA) is 61.0 Å². The second-order valence-corrected chi connectivity index (χ2v) is 3.04. The van der Waals surface area contributed by atoms with Crippen molar-refractivity contribution in [2.24, 2.45) is 5.73 Å². The van der Waals surface area contributed by atoms with E-state index in [2.05, 4.69) is 9.97 Å². The molecule has 0 aliphatic carbocycles. The number of ether oxygens (including phenoxy) is 1. The zero-order valence-electron chi connectivity index (χ0n) is 8.03. The lowest BCUT2D eigenvalue weighted by molar-refractivity contribution is 0.221. The van der Waals surface area contributed by atoms with Crippen LogP contribution in [0.15, 0.2) is 12.3 Å². The Labute approximate surface area is 78.1 Å². The Hall–Kier alpha value is -1.16. The van der Waals surface area contributed by atoms with Crippen LogP contribution < -0.4 is 10.5 Å². The van der Waals surface area contributed by atoms with Crippen molar-refractivity contribution in [1.29, 1.82) is 0 Å². The number of aromatic nitrogens is 2. The van der Waals surface area contributed by atoms with Gasteiger partial charge in [0.05, 0.1) is 6.10 Å². The fourth-order valence-corrected chi connectivity index (χ4v) is 0.931. The summed E-state index contributed by atoms with van der Waals surface area (Å²) in [7, 11) is 0. The third-order valence-corrected chi connectivity index (χ3v) is 1.43. The first-order valence-corrected chi connectivity index (χ1v) is 4.41. The van der Waals surface area contributed by atoms with Gasteiger partial charge in [-0.15, -0.1) is 0 Å². The van der Waals surface area contributed by atoms with Crippen molar-refractivity contribution in [3.8, 4) is 6.01 Å². The summed E-state index contributed by atoms with van der Waals surface area (Å²) < 4.78 is 5.34. The minimum atomic E-state index is 0.105. The summed E-state index contributed by atoms with van der Waals surface area (Å²) in [6, 6.07) is 2.28. The molecule has 0 unspecified atom stereocenters. The van der Waals surface area contributed by atoms with Gasteiger partial charge in [-0.2, -0.15) is 0 Å². The van der Waals surface area contributed by atoms with Crippen molar-refractivity contribution < 1.29 is 4.74 Å². The molecule has 13 heavy (non-hydrogen) atoms. The zero-order valence-corrected chi connectivity index (χ0v) is 8.03. The molecule has 1 aromatic heterocycles. The average Bonchev–Trinajstić information content (AvgIpc) is 2.04. The third kappa shape index (κ3) is 3.38. The molecule has 0 fully saturated rings. The highest BCUT2D eigenvalue weighted by molar-refractivity contribution is 5.05. The first-order valence-electron chi connectivity index (χ1n) is 4.41. The molecular weight excluding hydrogens is 166 g/mol. The Morgan fingerprint density at radius 1 is 1.54 bits per heavy atom. The standard InChI is InChI=1S/C9H15N3O/c1-7(2)13-9-11-6-4-8(12-9)3-5-10/h4,6-7H,3,5,10H2,1-2H3. The first-order chi connectivity index (χ1) is 6.22. The SMILES string of the molecule is CC(C)Oc1nccc(CCN)n1. The summed E-state index contributed by atoms with van der Waals surface area (Å²) in [5, 5.41) is 0. The number of nitrogens with two attached hydrogens (primary N) is 1. The van der Waals surface area contributed by atoms with Gasteiger partial charge < -0.3 is 10.5 Å². The fraction of sp³-hybridized carbons (Fsp3) is 0.556. The molecule has 0 saturated heterocycles. The van der Waals surface area contributed by atoms with Crippen molar-refractivity contribution in [2.75, 3.05) is 6.54 Å². The Morgan fingerprint density at radius 2 is 2.31 bits per heavy atom. The van der Waals surface area contributed by atoms with Crippen LogP contribution in [0.3, 0.4) is 0 Å². The van der Waals surface area contributed by atoms with Gasteiger partial charge >= 0.3 is 6.01 Å². The lowest BCUT2D eigenvalue weighted by Crippen LogP contribution is -2.10. The summed E-state index contributed by atoms with van der Waals surface area (Å²) >= 11 is 0. The van der Waals surface area contributed by atoms with Gasteiger partial charge in [-0.25, -0.2) is 9.97 Å². The van der Waals surface area contributed by atoms with Crippen molar-refractivity contribution in [3.63, 3.8) is 0 Å². The van der Waals surface area contributed by atoms with Crippen LogP contribution in [0.4, 0.5) is 0 Å². The number of nitrogens with zero attached hydrogens (tertiary/aromatic N) is 2. The van der Waals surface area contributed by atoms with E-state index in [1.165, 1.54) is 0 Å². The number of hydrogen-bond donors (Lipinski definition) is 1. The molecule has 72 valence electrons. The maximum atomic E-state index is 5.41. The van der Waals surface area contributed by atoms with E-state index in [1.807, 2.05) is 19.9 Å². The van der Waals surface area contributed by atoms with Gasteiger partial charge in [-0.05, 0) is 26.5 Å². The van der Waals surface area contributed by atoms with Crippen LogP contribution in [0.1, 0.15) is 19.5 Å². The molecular formula is C9H15N3O. The van der Waals surface area contributed by atoms with E-state index in [0.717, 1.165) is 12.1 Å². The van der Waals surface area contributed by atoms with Gasteiger partial charge in [0.1, 0.15) is 0 Å². The molecule has 0 aromatic carbocycles. The fourth-order valence-electron chi connectivity index (χ4n) is 0.931. The molecule has 0 saturated carbocycles. The average molecular weight is 181 g/mol. The lowest BCUT2D eigenvalue weighted by atomic mass is 10.3. The second-order valence-electron chi connectivity index (χ2n) is 3.04. The maximum Gasteiger partial charge on any atom is 0.316 e. The maximum absolute atomic E-state index is 5.41. The number of rotatable bonds is 4. The van der Waals surface area contributed by atoms with Crippen LogP contribution in [-0.4, -0.2) is 22.6 Å². The summed E-state index contributed by atoms with van der Waals surface area (Å²) in [5.74, 6) is 0. The molecule has 0 spiro atoms. The van der Waals surface area contributed by atoms with Gasteiger partial charge in [0.2, 0.25) is 0 Å². The predicted molar refractivity (Wildman–Crippen MR) is 50.6 cm³/mol. The first kappa shape index (κ1) is 9.92. The Kier molecular flexibility index (Phi) is 3.64. The van der Waals surface area contributed by atoms with E-state index in [1.54, 1.807) is 6.20 Å². The molecule has 2 N–H and O–H groups in total. The van der Waals surface area contributed by atoms with E-state index < -0.39 is 0 Å². The molecule has 4 heteroatoms. The molecule has 4 nitrogen and oxygen atoms in total. The number of hydrogen-bond acceptors (Lipinski definition) is 4. The normalized spacial score (nSPS) is 10.5. The van der Waals surface area contributed by atoms with Gasteiger partial charge in [-0.3, -0.25) is 0 Å². The van der Waals surface area contributed by atoms with Crippen molar-refractivity contribution in [3.05, 3.63) is 18.0 Å². The Balaban J connectivity index is 2.67. The largest absolute Gasteiger partial charge is 0.461 e. The molecule has 0 aliphatic rings. The van der Waals surface area contributed by atoms with Crippen molar-refractivity contribution in [1.82, 2.24) is 9.97 Å². The van der Waals surface area contributed by atoms with Gasteiger partial charge in [-0.1, -0.05) is 0 Å². The molecule has 0 amide bonds. The van der Waals surface area contributed by atoms with Gasteiger partial charge in [0, 0.05) is 18.3 Å². The molecule has 1 aromatic rings. The van der Waals surface area contributed by atoms with Gasteiger partial charge in [0.25, 0.3) is 0 Å². The zero-order chi connectivity index (χ0) is 9.68. The van der Waals surface area contributed by atoms with Crippen LogP contribution in [0.25, 0.3) is 0 Å². The third-order valence-electron chi connectivity index (χ3n) is 1.43. The van der Waals surface area contributed by atoms with E-state index >= 15 is 0 Å². The van der Waals surface area contributed by atoms with E-state index in [-0.39, 0.29) is 6.10 Å². The Morgan fingerprint density at radius 3 is 2.92 bits per heavy atom. The smallest absolute Gasteiger partial charge is 0.316 e. The van der Waals surface area contributed by atoms with E-state index in [4.69, 9.17) is 10.5 Å². The van der Waals surface area contributed by atoms with Crippen LogP contribution >= 0.6 is 0 Å². The summed E-state index contributed by atoms with van der Waals surface area (Å²) in [6.07, 6.45) is 2.56. The van der Waals surface area contributed by atoms with Crippen molar-refractivity contribution >= 4 is 0 Å².